The maximum Gasteiger partial charge on any atom is 0.0991 e. The molecule has 0 aromatic carbocycles. The zero-order valence-electron chi connectivity index (χ0n) is 10.3. The van der Waals surface area contributed by atoms with E-state index in [1.165, 1.54) is 44.6 Å². The molecule has 0 radical (unpaired) electrons. The van der Waals surface area contributed by atoms with Crippen LogP contribution in [0.25, 0.3) is 0 Å². The third-order valence-electron chi connectivity index (χ3n) is 3.93. The van der Waals surface area contributed by atoms with E-state index in [1.54, 1.807) is 0 Å². The molecule has 0 amide bonds. The SMILES string of the molecule is C=CC1=CC(N2CCN(C3CC3)CC2)NC=C1. The van der Waals surface area contributed by atoms with E-state index in [9.17, 15) is 0 Å². The van der Waals surface area contributed by atoms with Crippen LogP contribution in [0, 0.1) is 0 Å². The Bertz CT molecular complexity index is 346. The Morgan fingerprint density at radius 2 is 1.88 bits per heavy atom. The summed E-state index contributed by atoms with van der Waals surface area (Å²) in [4.78, 5) is 5.17. The molecule has 1 N–H and O–H groups in total. The van der Waals surface area contributed by atoms with Gasteiger partial charge in [-0.3, -0.25) is 9.80 Å². The lowest BCUT2D eigenvalue weighted by Crippen LogP contribution is -2.54. The standard InChI is InChI=1S/C14H21N3/c1-2-12-5-6-15-14(11-12)17-9-7-16(8-10-17)13-3-4-13/h2,5-6,11,13-15H,1,3-4,7-10H2. The van der Waals surface area contributed by atoms with Gasteiger partial charge in [0, 0.05) is 32.2 Å². The summed E-state index contributed by atoms with van der Waals surface area (Å²) in [5.41, 5.74) is 1.22. The Morgan fingerprint density at radius 1 is 1.18 bits per heavy atom. The van der Waals surface area contributed by atoms with Gasteiger partial charge in [0.25, 0.3) is 0 Å². The van der Waals surface area contributed by atoms with Crippen molar-refractivity contribution in [2.24, 2.45) is 0 Å². The second-order valence-electron chi connectivity index (χ2n) is 5.12. The maximum absolute atomic E-state index is 3.83. The van der Waals surface area contributed by atoms with Gasteiger partial charge < -0.3 is 5.32 Å². The van der Waals surface area contributed by atoms with Gasteiger partial charge >= 0.3 is 0 Å². The molecule has 1 saturated heterocycles. The monoisotopic (exact) mass is 231 g/mol. The Labute approximate surface area is 103 Å². The Hall–Kier alpha value is -1.06. The molecule has 0 bridgehead atoms. The highest BCUT2D eigenvalue weighted by Gasteiger charge is 2.32. The van der Waals surface area contributed by atoms with Gasteiger partial charge in [-0.25, -0.2) is 0 Å². The molecule has 2 aliphatic heterocycles. The number of nitrogens with zero attached hydrogens (tertiary/aromatic N) is 2. The van der Waals surface area contributed by atoms with Crippen molar-refractivity contribution in [1.82, 2.24) is 15.1 Å². The zero-order valence-corrected chi connectivity index (χ0v) is 10.3. The van der Waals surface area contributed by atoms with E-state index in [2.05, 4.69) is 33.8 Å². The van der Waals surface area contributed by atoms with Crippen LogP contribution in [-0.4, -0.2) is 48.2 Å². The minimum absolute atomic E-state index is 0.356. The van der Waals surface area contributed by atoms with Crippen LogP contribution in [0.4, 0.5) is 0 Å². The van der Waals surface area contributed by atoms with Crippen molar-refractivity contribution in [2.45, 2.75) is 25.0 Å². The molecular formula is C14H21N3. The quantitative estimate of drug-likeness (QED) is 0.790. The van der Waals surface area contributed by atoms with E-state index in [-0.39, 0.29) is 0 Å². The molecule has 3 aliphatic rings. The summed E-state index contributed by atoms with van der Waals surface area (Å²) in [5, 5.41) is 3.42. The third-order valence-corrected chi connectivity index (χ3v) is 3.93. The predicted molar refractivity (Wildman–Crippen MR) is 70.5 cm³/mol. The number of hydrogen-bond donors (Lipinski definition) is 1. The summed E-state index contributed by atoms with van der Waals surface area (Å²) in [5.74, 6) is 0. The van der Waals surface area contributed by atoms with Gasteiger partial charge in [0.05, 0.1) is 6.17 Å². The Morgan fingerprint density at radius 3 is 2.53 bits per heavy atom. The van der Waals surface area contributed by atoms with E-state index in [4.69, 9.17) is 0 Å². The summed E-state index contributed by atoms with van der Waals surface area (Å²) in [6.07, 6.45) is 11.5. The summed E-state index contributed by atoms with van der Waals surface area (Å²) in [6.45, 7) is 8.62. The second-order valence-corrected chi connectivity index (χ2v) is 5.12. The van der Waals surface area contributed by atoms with Gasteiger partial charge in [-0.05, 0) is 36.8 Å². The van der Waals surface area contributed by atoms with Gasteiger partial charge in [0.2, 0.25) is 0 Å². The summed E-state index contributed by atoms with van der Waals surface area (Å²) in [6, 6.07) is 0.913. The van der Waals surface area contributed by atoms with E-state index < -0.39 is 0 Å². The molecule has 2 fully saturated rings. The maximum atomic E-state index is 3.83. The molecular weight excluding hydrogens is 210 g/mol. The molecule has 3 nitrogen and oxygen atoms in total. The van der Waals surface area contributed by atoms with Crippen molar-refractivity contribution in [3.05, 3.63) is 36.6 Å². The van der Waals surface area contributed by atoms with Crippen molar-refractivity contribution in [1.29, 1.82) is 0 Å². The van der Waals surface area contributed by atoms with Crippen LogP contribution in [0.5, 0.6) is 0 Å². The van der Waals surface area contributed by atoms with Crippen LogP contribution < -0.4 is 5.32 Å². The highest BCUT2D eigenvalue weighted by molar-refractivity contribution is 5.33. The van der Waals surface area contributed by atoms with Gasteiger partial charge in [0.15, 0.2) is 0 Å². The molecule has 2 heterocycles. The summed E-state index contributed by atoms with van der Waals surface area (Å²) >= 11 is 0. The first-order valence-corrected chi connectivity index (χ1v) is 6.62. The lowest BCUT2D eigenvalue weighted by molar-refractivity contribution is 0.0994. The molecule has 0 aromatic rings. The third kappa shape index (κ3) is 2.45. The van der Waals surface area contributed by atoms with Crippen LogP contribution in [0.1, 0.15) is 12.8 Å². The molecule has 1 aliphatic carbocycles. The minimum Gasteiger partial charge on any atom is -0.372 e. The highest BCUT2D eigenvalue weighted by Crippen LogP contribution is 2.27. The van der Waals surface area contributed by atoms with E-state index in [1.807, 2.05) is 12.3 Å². The minimum atomic E-state index is 0.356. The first kappa shape index (κ1) is 11.1. The lowest BCUT2D eigenvalue weighted by Gasteiger charge is -2.39. The van der Waals surface area contributed by atoms with Crippen molar-refractivity contribution in [3.8, 4) is 0 Å². The number of dihydropyridines is 1. The molecule has 1 atom stereocenters. The highest BCUT2D eigenvalue weighted by atomic mass is 15.3. The Balaban J connectivity index is 1.57. The molecule has 1 saturated carbocycles. The second kappa shape index (κ2) is 4.67. The smallest absolute Gasteiger partial charge is 0.0991 e. The van der Waals surface area contributed by atoms with Crippen molar-refractivity contribution < 1.29 is 0 Å². The fourth-order valence-corrected chi connectivity index (χ4v) is 2.70. The lowest BCUT2D eigenvalue weighted by atomic mass is 10.1. The van der Waals surface area contributed by atoms with Crippen LogP contribution >= 0.6 is 0 Å². The van der Waals surface area contributed by atoms with Gasteiger partial charge in [-0.1, -0.05) is 12.7 Å². The number of allylic oxidation sites excluding steroid dienone is 3. The average molecular weight is 231 g/mol. The molecule has 17 heavy (non-hydrogen) atoms. The van der Waals surface area contributed by atoms with Gasteiger partial charge in [-0.2, -0.15) is 0 Å². The molecule has 3 heteroatoms. The molecule has 1 unspecified atom stereocenters. The van der Waals surface area contributed by atoms with Crippen LogP contribution in [0.15, 0.2) is 36.6 Å². The zero-order chi connectivity index (χ0) is 11.7. The van der Waals surface area contributed by atoms with E-state index in [0.29, 0.717) is 6.17 Å². The van der Waals surface area contributed by atoms with Gasteiger partial charge in [-0.15, -0.1) is 0 Å². The van der Waals surface area contributed by atoms with Gasteiger partial charge in [0.1, 0.15) is 0 Å². The first-order valence-electron chi connectivity index (χ1n) is 6.62. The van der Waals surface area contributed by atoms with Crippen molar-refractivity contribution >= 4 is 0 Å². The van der Waals surface area contributed by atoms with Crippen molar-refractivity contribution in [2.75, 3.05) is 26.2 Å². The van der Waals surface area contributed by atoms with Crippen LogP contribution in [0.3, 0.4) is 0 Å². The normalized spacial score (nSPS) is 30.8. The molecule has 0 aromatic heterocycles. The molecule has 92 valence electrons. The molecule has 3 rings (SSSR count). The largest absolute Gasteiger partial charge is 0.372 e. The summed E-state index contributed by atoms with van der Waals surface area (Å²) in [7, 11) is 0. The predicted octanol–water partition coefficient (Wildman–Crippen LogP) is 1.32. The van der Waals surface area contributed by atoms with E-state index in [0.717, 1.165) is 6.04 Å². The van der Waals surface area contributed by atoms with Crippen molar-refractivity contribution in [3.63, 3.8) is 0 Å². The fraction of sp³-hybridized carbons (Fsp3) is 0.571. The van der Waals surface area contributed by atoms with E-state index >= 15 is 0 Å². The number of nitrogens with one attached hydrogen (secondary N) is 1. The first-order chi connectivity index (χ1) is 8.36. The topological polar surface area (TPSA) is 18.5 Å². The molecule has 0 spiro atoms. The Kier molecular flexibility index (Phi) is 3.04. The van der Waals surface area contributed by atoms with Crippen LogP contribution in [-0.2, 0) is 0 Å². The number of piperazine rings is 1. The average Bonchev–Trinajstić information content (AvgIpc) is 3.23. The van der Waals surface area contributed by atoms with Crippen LogP contribution in [0.2, 0.25) is 0 Å². The summed E-state index contributed by atoms with van der Waals surface area (Å²) < 4.78 is 0. The number of hydrogen-bond acceptors (Lipinski definition) is 3. The fourth-order valence-electron chi connectivity index (χ4n) is 2.70. The number of rotatable bonds is 3.